The second kappa shape index (κ2) is 9.31. The maximum absolute atomic E-state index is 5.97. The van der Waals surface area contributed by atoms with Crippen LogP contribution in [0, 0.1) is 0 Å². The lowest BCUT2D eigenvalue weighted by atomic mass is 10.2. The Morgan fingerprint density at radius 3 is 2.10 bits per heavy atom. The highest BCUT2D eigenvalue weighted by atomic mass is 35.5. The van der Waals surface area contributed by atoms with E-state index in [9.17, 15) is 0 Å². The first-order chi connectivity index (χ1) is 14.2. The van der Waals surface area contributed by atoms with Gasteiger partial charge in [0.25, 0.3) is 0 Å². The van der Waals surface area contributed by atoms with Crippen LogP contribution in [-0.2, 0) is 5.75 Å². The molecule has 0 saturated heterocycles. The van der Waals surface area contributed by atoms with E-state index < -0.39 is 0 Å². The Bertz CT molecular complexity index is 1090. The van der Waals surface area contributed by atoms with Gasteiger partial charge in [0.1, 0.15) is 5.75 Å². The highest BCUT2D eigenvalue weighted by Crippen LogP contribution is 2.28. The van der Waals surface area contributed by atoms with Gasteiger partial charge in [-0.3, -0.25) is 0 Å². The lowest BCUT2D eigenvalue weighted by Crippen LogP contribution is -1.98. The average molecular weight is 439 g/mol. The summed E-state index contributed by atoms with van der Waals surface area (Å²) in [5.41, 5.74) is 1.81. The van der Waals surface area contributed by atoms with Crippen LogP contribution in [0.5, 0.6) is 11.6 Å². The summed E-state index contributed by atoms with van der Waals surface area (Å²) in [5.74, 6) is 2.47. The van der Waals surface area contributed by atoms with Gasteiger partial charge in [-0.05, 0) is 48.5 Å². The van der Waals surface area contributed by atoms with Gasteiger partial charge in [0.15, 0.2) is 5.82 Å². The van der Waals surface area contributed by atoms with E-state index in [4.69, 9.17) is 32.9 Å². The first kappa shape index (κ1) is 19.8. The third-order valence-electron chi connectivity index (χ3n) is 4.02. The molecule has 4 rings (SSSR count). The Labute approximate surface area is 183 Å². The zero-order valence-corrected chi connectivity index (χ0v) is 17.6. The Kier molecular flexibility index (Phi) is 6.35. The number of thioether (sulfide) groups is 1. The third kappa shape index (κ3) is 5.51. The van der Waals surface area contributed by atoms with Crippen LogP contribution in [-0.4, -0.2) is 9.97 Å². The lowest BCUT2D eigenvalue weighted by Gasteiger charge is -2.10. The number of rotatable bonds is 6. The van der Waals surface area contributed by atoms with Crippen molar-refractivity contribution < 1.29 is 4.74 Å². The minimum Gasteiger partial charge on any atom is -0.439 e. The van der Waals surface area contributed by atoms with Crippen LogP contribution in [0.1, 0.15) is 5.69 Å². The van der Waals surface area contributed by atoms with Crippen LogP contribution < -0.4 is 4.74 Å². The van der Waals surface area contributed by atoms with Gasteiger partial charge in [0.05, 0.1) is 5.69 Å². The van der Waals surface area contributed by atoms with Gasteiger partial charge >= 0.3 is 0 Å². The molecule has 4 aromatic rings. The van der Waals surface area contributed by atoms with Crippen LogP contribution in [0.4, 0.5) is 0 Å². The summed E-state index contributed by atoms with van der Waals surface area (Å²) in [7, 11) is 0. The smallest absolute Gasteiger partial charge is 0.223 e. The molecule has 1 aromatic heterocycles. The minimum atomic E-state index is 0.493. The molecule has 144 valence electrons. The molecule has 0 aliphatic carbocycles. The molecule has 1 heterocycles. The second-order valence-corrected chi connectivity index (χ2v) is 8.11. The fourth-order valence-electron chi connectivity index (χ4n) is 2.63. The van der Waals surface area contributed by atoms with Gasteiger partial charge in [-0.2, -0.15) is 4.98 Å². The zero-order valence-electron chi connectivity index (χ0n) is 15.3. The van der Waals surface area contributed by atoms with E-state index in [2.05, 4.69) is 4.98 Å². The SMILES string of the molecule is Clc1ccc(Oc2cc(CSc3ccc(Cl)cc3)nc(-c3ccccc3)n2)cc1. The first-order valence-corrected chi connectivity index (χ1v) is 10.6. The number of ether oxygens (including phenoxy) is 1. The summed E-state index contributed by atoms with van der Waals surface area (Å²) in [6.45, 7) is 0. The monoisotopic (exact) mass is 438 g/mol. The Balaban J connectivity index is 1.62. The van der Waals surface area contributed by atoms with Crippen LogP contribution >= 0.6 is 35.0 Å². The molecule has 0 fully saturated rings. The summed E-state index contributed by atoms with van der Waals surface area (Å²) >= 11 is 13.6. The van der Waals surface area contributed by atoms with E-state index in [0.717, 1.165) is 21.2 Å². The topological polar surface area (TPSA) is 35.0 Å². The quantitative estimate of drug-likeness (QED) is 0.291. The van der Waals surface area contributed by atoms with Crippen LogP contribution in [0.3, 0.4) is 0 Å². The van der Waals surface area contributed by atoms with Gasteiger partial charge < -0.3 is 4.74 Å². The van der Waals surface area contributed by atoms with Crippen molar-refractivity contribution in [2.24, 2.45) is 0 Å². The molecule has 0 radical (unpaired) electrons. The largest absolute Gasteiger partial charge is 0.439 e. The fourth-order valence-corrected chi connectivity index (χ4v) is 3.67. The summed E-state index contributed by atoms with van der Waals surface area (Å²) in [5, 5.41) is 1.38. The molecule has 3 nitrogen and oxygen atoms in total. The first-order valence-electron chi connectivity index (χ1n) is 8.91. The molecule has 0 atom stereocenters. The van der Waals surface area contributed by atoms with E-state index in [1.165, 1.54) is 0 Å². The molecule has 0 bridgehead atoms. The third-order valence-corrected chi connectivity index (χ3v) is 5.57. The van der Waals surface area contributed by atoms with Crippen molar-refractivity contribution >= 4 is 35.0 Å². The molecule has 0 N–H and O–H groups in total. The van der Waals surface area contributed by atoms with Crippen molar-refractivity contribution in [3.8, 4) is 23.0 Å². The number of benzene rings is 3. The fraction of sp³-hybridized carbons (Fsp3) is 0.0435. The van der Waals surface area contributed by atoms with Crippen molar-refractivity contribution in [3.05, 3.63) is 101 Å². The Morgan fingerprint density at radius 2 is 1.41 bits per heavy atom. The number of hydrogen-bond acceptors (Lipinski definition) is 4. The van der Waals surface area contributed by atoms with Crippen molar-refractivity contribution in [1.29, 1.82) is 0 Å². The molecular weight excluding hydrogens is 423 g/mol. The van der Waals surface area contributed by atoms with Gasteiger partial charge in [0.2, 0.25) is 5.88 Å². The number of hydrogen-bond donors (Lipinski definition) is 0. The Hall–Kier alpha value is -2.53. The van der Waals surface area contributed by atoms with Gasteiger partial charge in [0, 0.05) is 32.3 Å². The highest BCUT2D eigenvalue weighted by molar-refractivity contribution is 7.98. The summed E-state index contributed by atoms with van der Waals surface area (Å²) < 4.78 is 5.97. The van der Waals surface area contributed by atoms with E-state index in [-0.39, 0.29) is 0 Å². The second-order valence-electron chi connectivity index (χ2n) is 6.19. The average Bonchev–Trinajstić information content (AvgIpc) is 2.75. The van der Waals surface area contributed by atoms with Crippen molar-refractivity contribution in [2.45, 2.75) is 10.6 Å². The van der Waals surface area contributed by atoms with Gasteiger partial charge in [-0.15, -0.1) is 11.8 Å². The molecule has 0 saturated carbocycles. The molecule has 0 amide bonds. The van der Waals surface area contributed by atoms with Crippen LogP contribution in [0.2, 0.25) is 10.0 Å². The normalized spacial score (nSPS) is 10.7. The molecule has 3 aromatic carbocycles. The standard InChI is InChI=1S/C23H16Cl2N2OS/c24-17-6-10-20(11-7-17)28-22-14-19(15-29-21-12-8-18(25)9-13-21)26-23(27-22)16-4-2-1-3-5-16/h1-14H,15H2. The lowest BCUT2D eigenvalue weighted by molar-refractivity contribution is 0.461. The number of nitrogens with zero attached hydrogens (tertiary/aromatic N) is 2. The van der Waals surface area contributed by atoms with Crippen molar-refractivity contribution in [2.75, 3.05) is 0 Å². The van der Waals surface area contributed by atoms with Gasteiger partial charge in [-0.1, -0.05) is 53.5 Å². The van der Waals surface area contributed by atoms with Crippen LogP contribution in [0.15, 0.2) is 89.8 Å². The molecule has 29 heavy (non-hydrogen) atoms. The number of halogens is 2. The highest BCUT2D eigenvalue weighted by Gasteiger charge is 2.10. The van der Waals surface area contributed by atoms with Crippen LogP contribution in [0.25, 0.3) is 11.4 Å². The van der Waals surface area contributed by atoms with Crippen molar-refractivity contribution in [1.82, 2.24) is 9.97 Å². The predicted octanol–water partition coefficient (Wildman–Crippen LogP) is 7.54. The minimum absolute atomic E-state index is 0.493. The van der Waals surface area contributed by atoms with E-state index in [1.54, 1.807) is 23.9 Å². The molecule has 0 spiro atoms. The summed E-state index contributed by atoms with van der Waals surface area (Å²) in [6, 6.07) is 26.7. The summed E-state index contributed by atoms with van der Waals surface area (Å²) in [6.07, 6.45) is 0. The zero-order chi connectivity index (χ0) is 20.1. The Morgan fingerprint density at radius 1 is 0.759 bits per heavy atom. The maximum Gasteiger partial charge on any atom is 0.223 e. The molecule has 0 unspecified atom stereocenters. The van der Waals surface area contributed by atoms with E-state index in [0.29, 0.717) is 28.2 Å². The molecule has 0 aliphatic rings. The molecule has 6 heteroatoms. The predicted molar refractivity (Wildman–Crippen MR) is 120 cm³/mol. The summed E-state index contributed by atoms with van der Waals surface area (Å²) in [4.78, 5) is 10.4. The van der Waals surface area contributed by atoms with Gasteiger partial charge in [-0.25, -0.2) is 4.98 Å². The maximum atomic E-state index is 5.97. The van der Waals surface area contributed by atoms with E-state index in [1.807, 2.05) is 72.8 Å². The van der Waals surface area contributed by atoms with Crippen molar-refractivity contribution in [3.63, 3.8) is 0 Å². The number of aromatic nitrogens is 2. The van der Waals surface area contributed by atoms with E-state index >= 15 is 0 Å². The molecule has 0 aliphatic heterocycles. The molecular formula is C23H16Cl2N2OS.